The number of fused-ring (bicyclic) bond motifs is 1. The molecule has 1 aliphatic heterocycles. The van der Waals surface area contributed by atoms with E-state index in [4.69, 9.17) is 27.9 Å². The van der Waals surface area contributed by atoms with Gasteiger partial charge in [-0.25, -0.2) is 19.7 Å². The second kappa shape index (κ2) is 5.55. The number of nitrogens with one attached hydrogen (secondary N) is 1. The van der Waals surface area contributed by atoms with Crippen molar-refractivity contribution in [3.63, 3.8) is 0 Å². The third kappa shape index (κ3) is 2.57. The first-order chi connectivity index (χ1) is 10.1. The monoisotopic (exact) mass is 324 g/mol. The number of esters is 1. The molecular formula is C13H10Cl2N4O2. The molecule has 108 valence electrons. The lowest BCUT2D eigenvalue weighted by Crippen LogP contribution is -2.12. The van der Waals surface area contributed by atoms with Gasteiger partial charge < -0.3 is 10.1 Å². The number of methoxy groups -OCH3 is 1. The van der Waals surface area contributed by atoms with E-state index in [1.165, 1.54) is 13.3 Å². The zero-order valence-electron chi connectivity index (χ0n) is 11.0. The Morgan fingerprint density at radius 2 is 2.14 bits per heavy atom. The highest BCUT2D eigenvalue weighted by Crippen LogP contribution is 2.28. The predicted octanol–water partition coefficient (Wildman–Crippen LogP) is 2.24. The number of pyridine rings is 1. The molecular weight excluding hydrogens is 315 g/mol. The molecule has 3 heterocycles. The van der Waals surface area contributed by atoms with Crippen molar-refractivity contribution < 1.29 is 9.53 Å². The summed E-state index contributed by atoms with van der Waals surface area (Å²) >= 11 is 12.0. The molecule has 0 bridgehead atoms. The van der Waals surface area contributed by atoms with Crippen LogP contribution in [0.15, 0.2) is 12.3 Å². The summed E-state index contributed by atoms with van der Waals surface area (Å²) < 4.78 is 4.77. The molecule has 0 radical (unpaired) electrons. The van der Waals surface area contributed by atoms with Crippen molar-refractivity contribution in [2.24, 2.45) is 0 Å². The summed E-state index contributed by atoms with van der Waals surface area (Å²) in [4.78, 5) is 24.7. The number of carbonyl (C=O) groups excluding carboxylic acids is 1. The van der Waals surface area contributed by atoms with E-state index in [1.807, 2.05) is 0 Å². The molecule has 0 saturated carbocycles. The summed E-state index contributed by atoms with van der Waals surface area (Å²) in [5.74, 6) is -0.233. The van der Waals surface area contributed by atoms with E-state index in [-0.39, 0.29) is 11.5 Å². The molecule has 8 heteroatoms. The Morgan fingerprint density at radius 3 is 2.86 bits per heavy atom. The van der Waals surface area contributed by atoms with Gasteiger partial charge in [0.1, 0.15) is 5.69 Å². The second-order valence-electron chi connectivity index (χ2n) is 4.40. The first-order valence-electron chi connectivity index (χ1n) is 6.10. The fourth-order valence-electron chi connectivity index (χ4n) is 2.12. The quantitative estimate of drug-likeness (QED) is 0.853. The Hall–Kier alpha value is -1.76. The Labute approximate surface area is 130 Å². The van der Waals surface area contributed by atoms with Crippen LogP contribution in [0.4, 0.5) is 0 Å². The van der Waals surface area contributed by atoms with Gasteiger partial charge in [-0.15, -0.1) is 0 Å². The molecule has 21 heavy (non-hydrogen) atoms. The predicted molar refractivity (Wildman–Crippen MR) is 77.2 cm³/mol. The first kappa shape index (κ1) is 14.2. The highest BCUT2D eigenvalue weighted by molar-refractivity contribution is 6.35. The average molecular weight is 325 g/mol. The summed E-state index contributed by atoms with van der Waals surface area (Å²) in [6.07, 6.45) is 1.45. The van der Waals surface area contributed by atoms with Gasteiger partial charge in [-0.2, -0.15) is 0 Å². The maximum Gasteiger partial charge on any atom is 0.357 e. The van der Waals surface area contributed by atoms with Gasteiger partial charge in [-0.3, -0.25) is 0 Å². The summed E-state index contributed by atoms with van der Waals surface area (Å²) in [5.41, 5.74) is 2.10. The molecule has 6 nitrogen and oxygen atoms in total. The fraction of sp³-hybridized carbons (Fsp3) is 0.231. The maximum absolute atomic E-state index is 11.9. The summed E-state index contributed by atoms with van der Waals surface area (Å²) in [6.45, 7) is 1.09. The zero-order valence-corrected chi connectivity index (χ0v) is 12.5. The Morgan fingerprint density at radius 1 is 1.33 bits per heavy atom. The molecule has 0 amide bonds. The zero-order chi connectivity index (χ0) is 15.0. The van der Waals surface area contributed by atoms with Crippen LogP contribution in [0.1, 0.15) is 21.7 Å². The SMILES string of the molecule is COC(=O)c1nc(-c2ncc(Cl)cc2Cl)nc2c1CNC2. The number of ether oxygens (including phenoxy) is 1. The van der Waals surface area contributed by atoms with Gasteiger partial charge in [-0.05, 0) is 6.07 Å². The number of halogens is 2. The molecule has 0 spiro atoms. The van der Waals surface area contributed by atoms with E-state index in [9.17, 15) is 4.79 Å². The van der Waals surface area contributed by atoms with Gasteiger partial charge in [-0.1, -0.05) is 23.2 Å². The largest absolute Gasteiger partial charge is 0.464 e. The molecule has 3 rings (SSSR count). The lowest BCUT2D eigenvalue weighted by molar-refractivity contribution is 0.0592. The Bertz CT molecular complexity index is 736. The minimum Gasteiger partial charge on any atom is -0.464 e. The lowest BCUT2D eigenvalue weighted by Gasteiger charge is -2.08. The van der Waals surface area contributed by atoms with Gasteiger partial charge >= 0.3 is 5.97 Å². The van der Waals surface area contributed by atoms with E-state index in [1.54, 1.807) is 6.07 Å². The van der Waals surface area contributed by atoms with Crippen LogP contribution in [0.3, 0.4) is 0 Å². The minimum atomic E-state index is -0.510. The molecule has 1 N–H and O–H groups in total. The topological polar surface area (TPSA) is 77.0 Å². The third-order valence-corrected chi connectivity index (χ3v) is 3.58. The van der Waals surface area contributed by atoms with E-state index in [0.29, 0.717) is 28.8 Å². The number of nitrogens with zero attached hydrogens (tertiary/aromatic N) is 3. The van der Waals surface area contributed by atoms with E-state index in [2.05, 4.69) is 20.3 Å². The molecule has 0 atom stereocenters. The van der Waals surface area contributed by atoms with Crippen molar-refractivity contribution in [2.45, 2.75) is 13.1 Å². The standard InChI is InChI=1S/C13H10Cl2N4O2/c1-21-13(20)10-7-4-16-5-9(7)18-12(19-10)11-8(15)2-6(14)3-17-11/h2-3,16H,4-5H2,1H3. The van der Waals surface area contributed by atoms with Crippen LogP contribution >= 0.6 is 23.2 Å². The molecule has 0 fully saturated rings. The number of hydrogen-bond donors (Lipinski definition) is 1. The second-order valence-corrected chi connectivity index (χ2v) is 5.24. The van der Waals surface area contributed by atoms with Crippen molar-refractivity contribution in [3.05, 3.63) is 39.3 Å². The van der Waals surface area contributed by atoms with Crippen LogP contribution in [0.2, 0.25) is 10.0 Å². The molecule has 1 aliphatic rings. The normalized spacial score (nSPS) is 13.1. The van der Waals surface area contributed by atoms with Crippen molar-refractivity contribution in [1.82, 2.24) is 20.3 Å². The number of hydrogen-bond acceptors (Lipinski definition) is 6. The van der Waals surface area contributed by atoms with Crippen LogP contribution < -0.4 is 5.32 Å². The Kier molecular flexibility index (Phi) is 3.75. The van der Waals surface area contributed by atoms with Crippen molar-refractivity contribution >= 4 is 29.2 Å². The van der Waals surface area contributed by atoms with Crippen LogP contribution in [0.25, 0.3) is 11.5 Å². The molecule has 0 aliphatic carbocycles. The first-order valence-corrected chi connectivity index (χ1v) is 6.86. The smallest absolute Gasteiger partial charge is 0.357 e. The summed E-state index contributed by atoms with van der Waals surface area (Å²) in [6, 6.07) is 1.55. The van der Waals surface area contributed by atoms with Crippen molar-refractivity contribution in [3.8, 4) is 11.5 Å². The van der Waals surface area contributed by atoms with E-state index >= 15 is 0 Å². The number of rotatable bonds is 2. The van der Waals surface area contributed by atoms with Crippen molar-refractivity contribution in [2.75, 3.05) is 7.11 Å². The van der Waals surface area contributed by atoms with Gasteiger partial charge in [0, 0.05) is 24.8 Å². The highest BCUT2D eigenvalue weighted by atomic mass is 35.5. The molecule has 2 aromatic rings. The average Bonchev–Trinajstić information content (AvgIpc) is 2.93. The Balaban J connectivity index is 2.18. The van der Waals surface area contributed by atoms with E-state index in [0.717, 1.165) is 11.3 Å². The molecule has 0 aromatic carbocycles. The van der Waals surface area contributed by atoms with Crippen LogP contribution in [-0.4, -0.2) is 28.0 Å². The lowest BCUT2D eigenvalue weighted by atomic mass is 10.1. The number of aromatic nitrogens is 3. The highest BCUT2D eigenvalue weighted by Gasteiger charge is 2.25. The molecule has 2 aromatic heterocycles. The molecule has 0 unspecified atom stereocenters. The van der Waals surface area contributed by atoms with Crippen LogP contribution in [0.5, 0.6) is 0 Å². The number of carbonyl (C=O) groups is 1. The van der Waals surface area contributed by atoms with Gasteiger partial charge in [0.05, 0.1) is 22.8 Å². The van der Waals surface area contributed by atoms with Gasteiger partial charge in [0.2, 0.25) is 0 Å². The van der Waals surface area contributed by atoms with Crippen molar-refractivity contribution in [1.29, 1.82) is 0 Å². The van der Waals surface area contributed by atoms with Gasteiger partial charge in [0.15, 0.2) is 11.5 Å². The summed E-state index contributed by atoms with van der Waals surface area (Å²) in [5, 5.41) is 3.86. The van der Waals surface area contributed by atoms with Crippen LogP contribution in [0, 0.1) is 0 Å². The van der Waals surface area contributed by atoms with E-state index < -0.39 is 5.97 Å². The van der Waals surface area contributed by atoms with Gasteiger partial charge in [0.25, 0.3) is 0 Å². The third-order valence-electron chi connectivity index (χ3n) is 3.09. The molecule has 0 saturated heterocycles. The fourth-order valence-corrected chi connectivity index (χ4v) is 2.58. The van der Waals surface area contributed by atoms with Crippen LogP contribution in [-0.2, 0) is 17.8 Å². The minimum absolute atomic E-state index is 0.232. The maximum atomic E-state index is 11.9. The summed E-state index contributed by atoms with van der Waals surface area (Å²) in [7, 11) is 1.31.